The largest absolute Gasteiger partial charge is 0.323 e. The third-order valence-corrected chi connectivity index (χ3v) is 5.46. The van der Waals surface area contributed by atoms with Crippen molar-refractivity contribution in [3.05, 3.63) is 11.1 Å². The zero-order chi connectivity index (χ0) is 13.9. The number of aryl methyl sites for hydroxylation is 1. The Morgan fingerprint density at radius 3 is 2.80 bits per heavy atom. The molecule has 1 unspecified atom stereocenters. The highest BCUT2D eigenvalue weighted by Gasteiger charge is 2.35. The van der Waals surface area contributed by atoms with E-state index in [1.165, 1.54) is 49.9 Å². The second-order valence-corrected chi connectivity index (χ2v) is 6.88. The fourth-order valence-electron chi connectivity index (χ4n) is 3.63. The minimum atomic E-state index is 0.0485. The quantitative estimate of drug-likeness (QED) is 0.895. The summed E-state index contributed by atoms with van der Waals surface area (Å²) in [7, 11) is 0. The number of anilines is 1. The molecule has 4 nitrogen and oxygen atoms in total. The molecular weight excluding hydrogens is 270 g/mol. The van der Waals surface area contributed by atoms with E-state index in [0.29, 0.717) is 6.04 Å². The maximum atomic E-state index is 12.5. The van der Waals surface area contributed by atoms with Gasteiger partial charge in [0.25, 0.3) is 0 Å². The molecule has 0 aromatic carbocycles. The zero-order valence-corrected chi connectivity index (χ0v) is 12.9. The lowest BCUT2D eigenvalue weighted by atomic mass is 9.83. The number of carbonyl (C=O) groups is 1. The van der Waals surface area contributed by atoms with Gasteiger partial charge in [-0.15, -0.1) is 11.3 Å². The van der Waals surface area contributed by atoms with Gasteiger partial charge < -0.3 is 4.90 Å². The number of rotatable bonds is 2. The molecule has 1 aliphatic carbocycles. The molecule has 2 heterocycles. The van der Waals surface area contributed by atoms with Crippen LogP contribution >= 0.6 is 11.3 Å². The minimum Gasteiger partial charge on any atom is -0.321 e. The van der Waals surface area contributed by atoms with E-state index in [2.05, 4.69) is 15.2 Å². The first-order valence-electron chi connectivity index (χ1n) is 7.74. The number of likely N-dealkylation sites (tertiary alicyclic amines) is 1. The lowest BCUT2D eigenvalue weighted by Crippen LogP contribution is -2.43. The van der Waals surface area contributed by atoms with Gasteiger partial charge in [-0.2, -0.15) is 0 Å². The van der Waals surface area contributed by atoms with Crippen molar-refractivity contribution >= 4 is 22.5 Å². The van der Waals surface area contributed by atoms with E-state index in [4.69, 9.17) is 0 Å². The van der Waals surface area contributed by atoms with E-state index >= 15 is 0 Å². The normalized spacial score (nSPS) is 24.1. The summed E-state index contributed by atoms with van der Waals surface area (Å²) in [4.78, 5) is 18.8. The minimum absolute atomic E-state index is 0.0485. The van der Waals surface area contributed by atoms with E-state index < -0.39 is 0 Å². The first-order valence-corrected chi connectivity index (χ1v) is 8.62. The Labute approximate surface area is 124 Å². The van der Waals surface area contributed by atoms with Gasteiger partial charge in [0.15, 0.2) is 5.13 Å². The predicted octanol–water partition coefficient (Wildman–Crippen LogP) is 4.03. The Balaban J connectivity index is 1.63. The van der Waals surface area contributed by atoms with Crippen molar-refractivity contribution in [2.45, 2.75) is 57.9 Å². The number of hydrogen-bond donors (Lipinski definition) is 1. The third kappa shape index (κ3) is 2.97. The van der Waals surface area contributed by atoms with Gasteiger partial charge >= 0.3 is 6.03 Å². The number of aromatic nitrogens is 1. The molecule has 1 aromatic rings. The third-order valence-electron chi connectivity index (χ3n) is 4.59. The van der Waals surface area contributed by atoms with Crippen LogP contribution in [0.25, 0.3) is 0 Å². The molecule has 110 valence electrons. The molecule has 0 bridgehead atoms. The van der Waals surface area contributed by atoms with Crippen LogP contribution in [-0.4, -0.2) is 28.5 Å². The average molecular weight is 293 g/mol. The van der Waals surface area contributed by atoms with Crippen molar-refractivity contribution in [3.8, 4) is 0 Å². The highest BCUT2D eigenvalue weighted by molar-refractivity contribution is 7.13. The van der Waals surface area contributed by atoms with Crippen LogP contribution in [0.15, 0.2) is 5.38 Å². The second-order valence-electron chi connectivity index (χ2n) is 6.03. The standard InChI is InChI=1S/C15H23N3OS/c1-11-10-20-14(16-11)17-15(19)18-9-5-8-13(18)12-6-3-2-4-7-12/h10,12-13H,2-9H2,1H3,(H,16,17,19). The molecule has 1 aromatic heterocycles. The number of nitrogens with zero attached hydrogens (tertiary/aromatic N) is 2. The van der Waals surface area contributed by atoms with E-state index in [1.54, 1.807) is 0 Å². The van der Waals surface area contributed by atoms with Crippen molar-refractivity contribution in [2.75, 3.05) is 11.9 Å². The second kappa shape index (κ2) is 6.12. The number of urea groups is 1. The first kappa shape index (κ1) is 13.9. The first-order chi connectivity index (χ1) is 9.74. The van der Waals surface area contributed by atoms with Gasteiger partial charge in [-0.05, 0) is 38.5 Å². The Morgan fingerprint density at radius 1 is 1.30 bits per heavy atom. The summed E-state index contributed by atoms with van der Waals surface area (Å²) >= 11 is 1.50. The van der Waals surface area contributed by atoms with Gasteiger partial charge in [0, 0.05) is 18.0 Å². The van der Waals surface area contributed by atoms with Crippen molar-refractivity contribution in [1.82, 2.24) is 9.88 Å². The molecule has 1 saturated carbocycles. The molecule has 0 spiro atoms. The number of hydrogen-bond acceptors (Lipinski definition) is 3. The summed E-state index contributed by atoms with van der Waals surface area (Å²) in [6.45, 7) is 2.85. The maximum absolute atomic E-state index is 12.5. The Kier molecular flexibility index (Phi) is 4.24. The summed E-state index contributed by atoms with van der Waals surface area (Å²) in [5.41, 5.74) is 0.968. The lowest BCUT2D eigenvalue weighted by Gasteiger charge is -2.33. The van der Waals surface area contributed by atoms with Crippen LogP contribution < -0.4 is 5.32 Å². The van der Waals surface area contributed by atoms with Crippen LogP contribution in [0.5, 0.6) is 0 Å². The van der Waals surface area contributed by atoms with Gasteiger partial charge in [-0.3, -0.25) is 5.32 Å². The topological polar surface area (TPSA) is 45.2 Å². The molecule has 0 radical (unpaired) electrons. The molecule has 1 aliphatic heterocycles. The Bertz CT molecular complexity index is 467. The van der Waals surface area contributed by atoms with Crippen LogP contribution in [0, 0.1) is 12.8 Å². The van der Waals surface area contributed by atoms with Crippen molar-refractivity contribution in [3.63, 3.8) is 0 Å². The van der Waals surface area contributed by atoms with Crippen molar-refractivity contribution in [2.24, 2.45) is 5.92 Å². The molecule has 2 fully saturated rings. The van der Waals surface area contributed by atoms with E-state index in [-0.39, 0.29) is 6.03 Å². The monoisotopic (exact) mass is 293 g/mol. The molecule has 1 N–H and O–H groups in total. The fourth-order valence-corrected chi connectivity index (χ4v) is 4.31. The number of thiazole rings is 1. The molecule has 2 aliphatic rings. The zero-order valence-electron chi connectivity index (χ0n) is 12.1. The van der Waals surface area contributed by atoms with E-state index in [9.17, 15) is 4.79 Å². The smallest absolute Gasteiger partial charge is 0.321 e. The molecular formula is C15H23N3OS. The number of amides is 2. The van der Waals surface area contributed by atoms with E-state index in [0.717, 1.165) is 29.7 Å². The summed E-state index contributed by atoms with van der Waals surface area (Å²) < 4.78 is 0. The number of nitrogens with one attached hydrogen (secondary N) is 1. The van der Waals surface area contributed by atoms with Gasteiger partial charge in [-0.25, -0.2) is 9.78 Å². The SMILES string of the molecule is Cc1csc(NC(=O)N2CCCC2C2CCCCC2)n1. The van der Waals surface area contributed by atoms with Crippen LogP contribution in [0.1, 0.15) is 50.6 Å². The summed E-state index contributed by atoms with van der Waals surface area (Å²) in [5.74, 6) is 0.718. The highest BCUT2D eigenvalue weighted by atomic mass is 32.1. The Hall–Kier alpha value is -1.10. The van der Waals surface area contributed by atoms with Crippen LogP contribution in [0.4, 0.5) is 9.93 Å². The molecule has 20 heavy (non-hydrogen) atoms. The molecule has 3 rings (SSSR count). The maximum Gasteiger partial charge on any atom is 0.323 e. The van der Waals surface area contributed by atoms with E-state index in [1.807, 2.05) is 12.3 Å². The van der Waals surface area contributed by atoms with Gasteiger partial charge in [0.05, 0.1) is 5.69 Å². The van der Waals surface area contributed by atoms with Crippen LogP contribution in [0.2, 0.25) is 0 Å². The summed E-state index contributed by atoms with van der Waals surface area (Å²) in [6, 6.07) is 0.504. The van der Waals surface area contributed by atoms with Gasteiger partial charge in [-0.1, -0.05) is 19.3 Å². The molecule has 1 atom stereocenters. The van der Waals surface area contributed by atoms with Crippen LogP contribution in [-0.2, 0) is 0 Å². The fraction of sp³-hybridized carbons (Fsp3) is 0.733. The average Bonchev–Trinajstić information content (AvgIpc) is 3.09. The predicted molar refractivity (Wildman–Crippen MR) is 82.2 cm³/mol. The molecule has 1 saturated heterocycles. The highest BCUT2D eigenvalue weighted by Crippen LogP contribution is 2.34. The van der Waals surface area contributed by atoms with Crippen molar-refractivity contribution < 1.29 is 4.79 Å². The van der Waals surface area contributed by atoms with Crippen LogP contribution in [0.3, 0.4) is 0 Å². The van der Waals surface area contributed by atoms with Gasteiger partial charge in [0.2, 0.25) is 0 Å². The Morgan fingerprint density at radius 2 is 2.10 bits per heavy atom. The lowest BCUT2D eigenvalue weighted by molar-refractivity contribution is 0.166. The molecule has 2 amide bonds. The number of carbonyl (C=O) groups excluding carboxylic acids is 1. The summed E-state index contributed by atoms with van der Waals surface area (Å²) in [5, 5.41) is 5.66. The molecule has 5 heteroatoms. The summed E-state index contributed by atoms with van der Waals surface area (Å²) in [6.07, 6.45) is 8.95. The van der Waals surface area contributed by atoms with Gasteiger partial charge in [0.1, 0.15) is 0 Å². The van der Waals surface area contributed by atoms with Crippen molar-refractivity contribution in [1.29, 1.82) is 0 Å².